The normalized spacial score (nSPS) is 12.6. The fourth-order valence-electron chi connectivity index (χ4n) is 1.70. The molecular formula is C14H19N3O. The minimum atomic E-state index is 0.233. The molecule has 0 saturated carbocycles. The summed E-state index contributed by atoms with van der Waals surface area (Å²) in [6, 6.07) is 8.12. The molecule has 1 aromatic heterocycles. The number of rotatable bonds is 5. The molecule has 0 saturated heterocycles. The molecule has 1 N–H and O–H groups in total. The molecule has 1 unspecified atom stereocenters. The SMILES string of the molecule is CCNCC(C)c1nc(-c2ccc(C)cc2)no1. The molecule has 0 amide bonds. The van der Waals surface area contributed by atoms with Crippen molar-refractivity contribution in [1.82, 2.24) is 15.5 Å². The highest BCUT2D eigenvalue weighted by molar-refractivity contribution is 5.54. The van der Waals surface area contributed by atoms with E-state index in [0.717, 1.165) is 18.7 Å². The van der Waals surface area contributed by atoms with Crippen LogP contribution in [0.5, 0.6) is 0 Å². The van der Waals surface area contributed by atoms with Crippen molar-refractivity contribution in [2.45, 2.75) is 26.7 Å². The molecule has 0 spiro atoms. The van der Waals surface area contributed by atoms with E-state index in [2.05, 4.69) is 36.2 Å². The van der Waals surface area contributed by atoms with Crippen LogP contribution in [0.4, 0.5) is 0 Å². The van der Waals surface area contributed by atoms with Crippen LogP contribution in [0.3, 0.4) is 0 Å². The number of likely N-dealkylation sites (N-methyl/N-ethyl adjacent to an activating group) is 1. The molecule has 1 atom stereocenters. The Bertz CT molecular complexity index is 490. The quantitative estimate of drug-likeness (QED) is 0.880. The van der Waals surface area contributed by atoms with Gasteiger partial charge in [-0.3, -0.25) is 0 Å². The molecule has 1 aromatic carbocycles. The lowest BCUT2D eigenvalue weighted by molar-refractivity contribution is 0.355. The summed E-state index contributed by atoms with van der Waals surface area (Å²) in [5, 5.41) is 7.31. The summed E-state index contributed by atoms with van der Waals surface area (Å²) in [5.41, 5.74) is 2.22. The Morgan fingerprint density at radius 1 is 1.28 bits per heavy atom. The minimum Gasteiger partial charge on any atom is -0.339 e. The van der Waals surface area contributed by atoms with Gasteiger partial charge in [-0.25, -0.2) is 0 Å². The zero-order valence-electron chi connectivity index (χ0n) is 11.1. The van der Waals surface area contributed by atoms with E-state index in [-0.39, 0.29) is 5.92 Å². The van der Waals surface area contributed by atoms with Gasteiger partial charge in [0.25, 0.3) is 0 Å². The molecule has 4 heteroatoms. The summed E-state index contributed by atoms with van der Waals surface area (Å²) in [5.74, 6) is 1.58. The number of aromatic nitrogens is 2. The lowest BCUT2D eigenvalue weighted by atomic mass is 10.1. The highest BCUT2D eigenvalue weighted by Crippen LogP contribution is 2.19. The van der Waals surface area contributed by atoms with E-state index in [9.17, 15) is 0 Å². The van der Waals surface area contributed by atoms with Gasteiger partial charge in [-0.1, -0.05) is 48.8 Å². The van der Waals surface area contributed by atoms with Gasteiger partial charge in [0.1, 0.15) is 0 Å². The van der Waals surface area contributed by atoms with Gasteiger partial charge in [0.15, 0.2) is 0 Å². The van der Waals surface area contributed by atoms with E-state index in [4.69, 9.17) is 4.52 Å². The Morgan fingerprint density at radius 2 is 2.00 bits per heavy atom. The maximum Gasteiger partial charge on any atom is 0.231 e. The summed E-state index contributed by atoms with van der Waals surface area (Å²) < 4.78 is 5.31. The van der Waals surface area contributed by atoms with Crippen molar-refractivity contribution in [1.29, 1.82) is 0 Å². The number of benzene rings is 1. The Hall–Kier alpha value is -1.68. The molecule has 0 aliphatic heterocycles. The van der Waals surface area contributed by atoms with Crippen molar-refractivity contribution in [3.05, 3.63) is 35.7 Å². The summed E-state index contributed by atoms with van der Waals surface area (Å²) in [6.45, 7) is 8.02. The highest BCUT2D eigenvalue weighted by atomic mass is 16.5. The van der Waals surface area contributed by atoms with E-state index in [1.165, 1.54) is 5.56 Å². The first-order chi connectivity index (χ1) is 8.70. The molecule has 0 fully saturated rings. The van der Waals surface area contributed by atoms with Crippen LogP contribution in [-0.2, 0) is 0 Å². The van der Waals surface area contributed by atoms with Crippen LogP contribution >= 0.6 is 0 Å². The summed E-state index contributed by atoms with van der Waals surface area (Å²) in [4.78, 5) is 4.45. The monoisotopic (exact) mass is 245 g/mol. The molecule has 0 bridgehead atoms. The van der Waals surface area contributed by atoms with Gasteiger partial charge in [-0.05, 0) is 13.5 Å². The van der Waals surface area contributed by atoms with Crippen LogP contribution in [0.25, 0.3) is 11.4 Å². The van der Waals surface area contributed by atoms with Gasteiger partial charge in [0.2, 0.25) is 11.7 Å². The number of nitrogens with zero attached hydrogens (tertiary/aromatic N) is 2. The summed E-state index contributed by atoms with van der Waals surface area (Å²) in [7, 11) is 0. The summed E-state index contributed by atoms with van der Waals surface area (Å²) >= 11 is 0. The Labute approximate surface area is 107 Å². The lowest BCUT2D eigenvalue weighted by Gasteiger charge is -2.05. The van der Waals surface area contributed by atoms with E-state index in [1.54, 1.807) is 0 Å². The Morgan fingerprint density at radius 3 is 2.67 bits per heavy atom. The van der Waals surface area contributed by atoms with Crippen molar-refractivity contribution in [3.63, 3.8) is 0 Å². The van der Waals surface area contributed by atoms with E-state index >= 15 is 0 Å². The first-order valence-electron chi connectivity index (χ1n) is 6.32. The van der Waals surface area contributed by atoms with Gasteiger partial charge in [-0.2, -0.15) is 4.98 Å². The molecule has 1 heterocycles. The molecule has 18 heavy (non-hydrogen) atoms. The van der Waals surface area contributed by atoms with Crippen molar-refractivity contribution >= 4 is 0 Å². The predicted octanol–water partition coefficient (Wildman–Crippen LogP) is 2.76. The third kappa shape index (κ3) is 2.96. The zero-order valence-corrected chi connectivity index (χ0v) is 11.1. The minimum absolute atomic E-state index is 0.233. The topological polar surface area (TPSA) is 51.0 Å². The van der Waals surface area contributed by atoms with Gasteiger partial charge >= 0.3 is 0 Å². The molecule has 0 aliphatic rings. The van der Waals surface area contributed by atoms with Crippen LogP contribution in [0.15, 0.2) is 28.8 Å². The first-order valence-corrected chi connectivity index (χ1v) is 6.32. The second-order valence-corrected chi connectivity index (χ2v) is 4.53. The smallest absolute Gasteiger partial charge is 0.231 e. The van der Waals surface area contributed by atoms with E-state index in [0.29, 0.717) is 11.7 Å². The van der Waals surface area contributed by atoms with Crippen LogP contribution in [0.1, 0.15) is 31.2 Å². The molecule has 0 radical (unpaired) electrons. The zero-order chi connectivity index (χ0) is 13.0. The second-order valence-electron chi connectivity index (χ2n) is 4.53. The molecule has 4 nitrogen and oxygen atoms in total. The van der Waals surface area contributed by atoms with Crippen LogP contribution < -0.4 is 5.32 Å². The number of hydrogen-bond donors (Lipinski definition) is 1. The first kappa shape index (κ1) is 12.8. The third-order valence-electron chi connectivity index (χ3n) is 2.87. The van der Waals surface area contributed by atoms with Gasteiger partial charge in [0.05, 0.1) is 0 Å². The van der Waals surface area contributed by atoms with Crippen LogP contribution in [0, 0.1) is 6.92 Å². The fourth-order valence-corrected chi connectivity index (χ4v) is 1.70. The maximum atomic E-state index is 5.31. The van der Waals surface area contributed by atoms with E-state index < -0.39 is 0 Å². The standard InChI is InChI=1S/C14H19N3O/c1-4-15-9-11(3)14-16-13(17-18-14)12-7-5-10(2)6-8-12/h5-8,11,15H,4,9H2,1-3H3. The summed E-state index contributed by atoms with van der Waals surface area (Å²) in [6.07, 6.45) is 0. The third-order valence-corrected chi connectivity index (χ3v) is 2.87. The average molecular weight is 245 g/mol. The van der Waals surface area contributed by atoms with Crippen molar-refractivity contribution in [2.24, 2.45) is 0 Å². The predicted molar refractivity (Wildman–Crippen MR) is 71.4 cm³/mol. The molecule has 2 rings (SSSR count). The Balaban J connectivity index is 2.12. The van der Waals surface area contributed by atoms with Crippen LogP contribution in [-0.4, -0.2) is 23.2 Å². The van der Waals surface area contributed by atoms with E-state index in [1.807, 2.05) is 24.3 Å². The van der Waals surface area contributed by atoms with Gasteiger partial charge in [-0.15, -0.1) is 0 Å². The molecule has 2 aromatic rings. The van der Waals surface area contributed by atoms with Gasteiger partial charge < -0.3 is 9.84 Å². The van der Waals surface area contributed by atoms with Gasteiger partial charge in [0, 0.05) is 18.0 Å². The fraction of sp³-hybridized carbons (Fsp3) is 0.429. The Kier molecular flexibility index (Phi) is 4.10. The number of nitrogens with one attached hydrogen (secondary N) is 1. The molecular weight excluding hydrogens is 226 g/mol. The highest BCUT2D eigenvalue weighted by Gasteiger charge is 2.14. The molecule has 96 valence electrons. The molecule has 0 aliphatic carbocycles. The largest absolute Gasteiger partial charge is 0.339 e. The van der Waals surface area contributed by atoms with Crippen LogP contribution in [0.2, 0.25) is 0 Å². The lowest BCUT2D eigenvalue weighted by Crippen LogP contribution is -2.19. The number of hydrogen-bond acceptors (Lipinski definition) is 4. The van der Waals surface area contributed by atoms with Crippen molar-refractivity contribution in [3.8, 4) is 11.4 Å². The maximum absolute atomic E-state index is 5.31. The van der Waals surface area contributed by atoms with Crippen molar-refractivity contribution in [2.75, 3.05) is 13.1 Å². The number of aryl methyl sites for hydroxylation is 1. The average Bonchev–Trinajstić information content (AvgIpc) is 2.86. The van der Waals surface area contributed by atoms with Crippen molar-refractivity contribution < 1.29 is 4.52 Å². The second kappa shape index (κ2) is 5.78.